The third-order valence-electron chi connectivity index (χ3n) is 3.67. The van der Waals surface area contributed by atoms with Gasteiger partial charge in [0.15, 0.2) is 0 Å². The lowest BCUT2D eigenvalue weighted by molar-refractivity contribution is -0.274. The Morgan fingerprint density at radius 2 is 1.57 bits per heavy atom. The summed E-state index contributed by atoms with van der Waals surface area (Å²) in [5.41, 5.74) is -2.79. The quantitative estimate of drug-likeness (QED) is 0.530. The third-order valence-corrected chi connectivity index (χ3v) is 3.67. The molecule has 0 unspecified atom stereocenters. The molecule has 0 saturated carbocycles. The van der Waals surface area contributed by atoms with E-state index in [2.05, 4.69) is 4.74 Å². The Morgan fingerprint density at radius 1 is 0.900 bits per heavy atom. The zero-order chi connectivity index (χ0) is 22.7. The van der Waals surface area contributed by atoms with Crippen molar-refractivity contribution in [2.24, 2.45) is 0 Å². The van der Waals surface area contributed by atoms with E-state index < -0.39 is 54.4 Å². The van der Waals surface area contributed by atoms with Crippen molar-refractivity contribution >= 4 is 5.69 Å². The number of anilines is 1. The van der Waals surface area contributed by atoms with Crippen molar-refractivity contribution in [1.29, 1.82) is 5.26 Å². The van der Waals surface area contributed by atoms with Crippen LogP contribution in [-0.2, 0) is 12.7 Å². The number of alkyl halides is 9. The molecule has 12 heteroatoms. The van der Waals surface area contributed by atoms with Crippen LogP contribution in [0.5, 0.6) is 5.75 Å². The van der Waals surface area contributed by atoms with Gasteiger partial charge in [0.25, 0.3) is 0 Å². The molecule has 0 aromatic heterocycles. The van der Waals surface area contributed by atoms with Crippen LogP contribution in [0, 0.1) is 11.3 Å². The summed E-state index contributed by atoms with van der Waals surface area (Å²) in [6.45, 7) is -2.35. The summed E-state index contributed by atoms with van der Waals surface area (Å²) >= 11 is 0. The van der Waals surface area contributed by atoms with Crippen LogP contribution in [0.15, 0.2) is 42.5 Å². The Labute approximate surface area is 163 Å². The minimum atomic E-state index is -5.03. The molecule has 3 nitrogen and oxygen atoms in total. The lowest BCUT2D eigenvalue weighted by Crippen LogP contribution is -2.34. The average Bonchev–Trinajstić information content (AvgIpc) is 2.57. The molecule has 0 saturated heterocycles. The summed E-state index contributed by atoms with van der Waals surface area (Å²) in [6.07, 6.45) is -14.9. The molecule has 30 heavy (non-hydrogen) atoms. The predicted molar refractivity (Wildman–Crippen MR) is 86.4 cm³/mol. The summed E-state index contributed by atoms with van der Waals surface area (Å²) in [4.78, 5) is 0.503. The number of ether oxygens (including phenoxy) is 1. The molecule has 0 aliphatic heterocycles. The van der Waals surface area contributed by atoms with Crippen LogP contribution in [0.3, 0.4) is 0 Å². The van der Waals surface area contributed by atoms with Crippen LogP contribution >= 0.6 is 0 Å². The maximum Gasteiger partial charge on any atom is 0.573 e. The van der Waals surface area contributed by atoms with Gasteiger partial charge in [-0.2, -0.15) is 31.6 Å². The monoisotopic (exact) mass is 442 g/mol. The van der Waals surface area contributed by atoms with E-state index in [4.69, 9.17) is 5.26 Å². The van der Waals surface area contributed by atoms with Gasteiger partial charge in [-0.3, -0.25) is 0 Å². The number of hydrogen-bond donors (Lipinski definition) is 0. The Bertz CT molecular complexity index is 927. The molecule has 0 radical (unpaired) electrons. The first kappa shape index (κ1) is 23.2. The highest BCUT2D eigenvalue weighted by atomic mass is 19.4. The SMILES string of the molecule is N#Cc1ccc(N(Cc2cccc(OC(F)(F)F)c2)CC(F)(F)F)cc1C(F)(F)F. The fourth-order valence-electron chi connectivity index (χ4n) is 2.58. The molecule has 0 bridgehead atoms. The van der Waals surface area contributed by atoms with E-state index in [0.717, 1.165) is 30.3 Å². The van der Waals surface area contributed by atoms with Crippen LogP contribution in [-0.4, -0.2) is 19.1 Å². The first-order valence-corrected chi connectivity index (χ1v) is 7.96. The smallest absolute Gasteiger partial charge is 0.406 e. The molecule has 2 aromatic carbocycles. The first-order valence-electron chi connectivity index (χ1n) is 7.96. The van der Waals surface area contributed by atoms with E-state index in [9.17, 15) is 39.5 Å². The molecule has 0 fully saturated rings. The summed E-state index contributed by atoms with van der Waals surface area (Å²) < 4.78 is 119. The fourth-order valence-corrected chi connectivity index (χ4v) is 2.58. The largest absolute Gasteiger partial charge is 0.573 e. The fraction of sp³-hybridized carbons (Fsp3) is 0.278. The van der Waals surface area contributed by atoms with Gasteiger partial charge in [0, 0.05) is 12.2 Å². The molecule has 0 atom stereocenters. The highest BCUT2D eigenvalue weighted by Crippen LogP contribution is 2.35. The van der Waals surface area contributed by atoms with Crippen LogP contribution in [0.4, 0.5) is 45.2 Å². The highest BCUT2D eigenvalue weighted by Gasteiger charge is 2.36. The Hall–Kier alpha value is -3.10. The minimum Gasteiger partial charge on any atom is -0.406 e. The second-order valence-electron chi connectivity index (χ2n) is 6.01. The van der Waals surface area contributed by atoms with Gasteiger partial charge in [-0.25, -0.2) is 0 Å². The Balaban J connectivity index is 2.44. The number of nitrogens with zero attached hydrogens (tertiary/aromatic N) is 2. The van der Waals surface area contributed by atoms with Crippen molar-refractivity contribution in [3.8, 4) is 11.8 Å². The summed E-state index contributed by atoms with van der Waals surface area (Å²) in [5.74, 6) is -0.692. The third kappa shape index (κ3) is 6.75. The number of nitriles is 1. The Morgan fingerprint density at radius 3 is 2.10 bits per heavy atom. The first-order chi connectivity index (χ1) is 13.7. The van der Waals surface area contributed by atoms with Crippen molar-refractivity contribution in [2.75, 3.05) is 11.4 Å². The van der Waals surface area contributed by atoms with Gasteiger partial charge in [0.2, 0.25) is 0 Å². The standard InChI is InChI=1S/C18H11F9N2O/c19-16(20,21)10-29(9-11-2-1-3-14(6-11)30-18(25,26)27)13-5-4-12(8-28)15(7-13)17(22,23)24/h1-7H,9-10H2. The zero-order valence-electron chi connectivity index (χ0n) is 14.7. The molecule has 2 aromatic rings. The topological polar surface area (TPSA) is 36.3 Å². The lowest BCUT2D eigenvalue weighted by atomic mass is 10.1. The van der Waals surface area contributed by atoms with Crippen LogP contribution in [0.2, 0.25) is 0 Å². The van der Waals surface area contributed by atoms with E-state index in [1.165, 1.54) is 12.1 Å². The highest BCUT2D eigenvalue weighted by molar-refractivity contribution is 5.55. The molecule has 0 heterocycles. The normalized spacial score (nSPS) is 12.4. The summed E-state index contributed by atoms with van der Waals surface area (Å²) in [7, 11) is 0. The molecule has 0 amide bonds. The molecule has 0 aliphatic rings. The number of hydrogen-bond acceptors (Lipinski definition) is 3. The summed E-state index contributed by atoms with van der Waals surface area (Å²) in [5, 5.41) is 8.81. The maximum absolute atomic E-state index is 13.1. The van der Waals surface area contributed by atoms with Crippen LogP contribution < -0.4 is 9.64 Å². The zero-order valence-corrected chi connectivity index (χ0v) is 14.7. The molecule has 0 aliphatic carbocycles. The van der Waals surface area contributed by atoms with Gasteiger partial charge >= 0.3 is 18.7 Å². The lowest BCUT2D eigenvalue weighted by Gasteiger charge is -2.27. The van der Waals surface area contributed by atoms with E-state index >= 15 is 0 Å². The summed E-state index contributed by atoms with van der Waals surface area (Å²) in [6, 6.07) is 7.37. The van der Waals surface area contributed by atoms with Crippen molar-refractivity contribution in [3.05, 3.63) is 59.2 Å². The van der Waals surface area contributed by atoms with E-state index in [1.807, 2.05) is 0 Å². The Kier molecular flexibility index (Phi) is 6.44. The maximum atomic E-state index is 13.1. The van der Waals surface area contributed by atoms with Gasteiger partial charge in [-0.05, 0) is 35.9 Å². The molecule has 0 N–H and O–H groups in total. The number of benzene rings is 2. The molecular formula is C18H11F9N2O. The van der Waals surface area contributed by atoms with Gasteiger partial charge in [0.05, 0.1) is 17.2 Å². The molecule has 0 spiro atoms. The minimum absolute atomic E-state index is 0.0704. The van der Waals surface area contributed by atoms with Gasteiger partial charge in [-0.1, -0.05) is 12.1 Å². The molecular weight excluding hydrogens is 431 g/mol. The van der Waals surface area contributed by atoms with Gasteiger partial charge in [0.1, 0.15) is 12.3 Å². The van der Waals surface area contributed by atoms with Crippen molar-refractivity contribution in [2.45, 2.75) is 25.3 Å². The van der Waals surface area contributed by atoms with Gasteiger partial charge < -0.3 is 9.64 Å². The average molecular weight is 442 g/mol. The van der Waals surface area contributed by atoms with Crippen LogP contribution in [0.25, 0.3) is 0 Å². The van der Waals surface area contributed by atoms with Crippen molar-refractivity contribution in [1.82, 2.24) is 0 Å². The second kappa shape index (κ2) is 8.33. The second-order valence-corrected chi connectivity index (χ2v) is 6.01. The molecule has 162 valence electrons. The van der Waals surface area contributed by atoms with Gasteiger partial charge in [-0.15, -0.1) is 13.2 Å². The van der Waals surface area contributed by atoms with Crippen molar-refractivity contribution < 1.29 is 44.3 Å². The van der Waals surface area contributed by atoms with Crippen molar-refractivity contribution in [3.63, 3.8) is 0 Å². The van der Waals surface area contributed by atoms with E-state index in [0.29, 0.717) is 11.0 Å². The van der Waals surface area contributed by atoms with Crippen LogP contribution in [0.1, 0.15) is 16.7 Å². The van der Waals surface area contributed by atoms with E-state index in [1.54, 1.807) is 0 Å². The predicted octanol–water partition coefficient (Wildman–Crippen LogP) is 6.04. The number of halogens is 9. The van der Waals surface area contributed by atoms with E-state index in [-0.39, 0.29) is 5.56 Å². The number of rotatable bonds is 5. The molecule has 2 rings (SSSR count).